The molecule has 0 heterocycles. The summed E-state index contributed by atoms with van der Waals surface area (Å²) in [7, 11) is 1.46. The first-order valence-electron chi connectivity index (χ1n) is 7.32. The van der Waals surface area contributed by atoms with Crippen molar-refractivity contribution in [2.45, 2.75) is 50.7 Å². The maximum absolute atomic E-state index is 13.6. The summed E-state index contributed by atoms with van der Waals surface area (Å²) < 4.78 is 24.2. The average Bonchev–Trinajstić information content (AvgIpc) is 2.64. The van der Waals surface area contributed by atoms with Crippen LogP contribution in [0.25, 0.3) is 0 Å². The zero-order valence-electron chi connectivity index (χ0n) is 12.2. The van der Waals surface area contributed by atoms with Crippen LogP contribution < -0.4 is 10.5 Å². The minimum atomic E-state index is -0.356. The molecule has 1 aliphatic carbocycles. The molecule has 0 aliphatic heterocycles. The van der Waals surface area contributed by atoms with Crippen LogP contribution in [0.2, 0.25) is 0 Å². The van der Waals surface area contributed by atoms with Gasteiger partial charge in [-0.1, -0.05) is 31.7 Å². The fourth-order valence-electron chi connectivity index (χ4n) is 2.75. The van der Waals surface area contributed by atoms with Gasteiger partial charge in [-0.25, -0.2) is 4.39 Å². The molecule has 0 spiro atoms. The topological polar surface area (TPSA) is 44.5 Å². The summed E-state index contributed by atoms with van der Waals surface area (Å²) in [5, 5.41) is 0. The smallest absolute Gasteiger partial charge is 0.165 e. The zero-order chi connectivity index (χ0) is 14.4. The Morgan fingerprint density at radius 2 is 1.90 bits per heavy atom. The Kier molecular flexibility index (Phi) is 5.38. The molecule has 4 heteroatoms. The minimum Gasteiger partial charge on any atom is -0.494 e. The van der Waals surface area contributed by atoms with Crippen molar-refractivity contribution in [1.82, 2.24) is 0 Å². The summed E-state index contributed by atoms with van der Waals surface area (Å²) in [6.07, 6.45) is 6.92. The van der Waals surface area contributed by atoms with E-state index in [0.717, 1.165) is 18.4 Å². The summed E-state index contributed by atoms with van der Waals surface area (Å²) in [5.74, 6) is -0.0988. The van der Waals surface area contributed by atoms with Crippen molar-refractivity contribution in [1.29, 1.82) is 0 Å². The van der Waals surface area contributed by atoms with Gasteiger partial charge in [-0.3, -0.25) is 0 Å². The molecule has 1 aromatic rings. The molecule has 1 saturated carbocycles. The Morgan fingerprint density at radius 1 is 1.20 bits per heavy atom. The van der Waals surface area contributed by atoms with Crippen LogP contribution in [0.3, 0.4) is 0 Å². The summed E-state index contributed by atoms with van der Waals surface area (Å²) in [4.78, 5) is 0. The fraction of sp³-hybridized carbons (Fsp3) is 0.625. The fourth-order valence-corrected chi connectivity index (χ4v) is 2.75. The molecule has 1 aromatic carbocycles. The second kappa shape index (κ2) is 7.04. The van der Waals surface area contributed by atoms with E-state index in [2.05, 4.69) is 0 Å². The van der Waals surface area contributed by atoms with Crippen molar-refractivity contribution in [3.05, 3.63) is 29.6 Å². The second-order valence-electron chi connectivity index (χ2n) is 5.74. The lowest BCUT2D eigenvalue weighted by atomic mass is 9.92. The normalized spacial score (nSPS) is 18.6. The predicted octanol–water partition coefficient (Wildman–Crippen LogP) is 3.40. The first-order valence-corrected chi connectivity index (χ1v) is 7.32. The van der Waals surface area contributed by atoms with Gasteiger partial charge >= 0.3 is 0 Å². The van der Waals surface area contributed by atoms with Crippen LogP contribution in [0.5, 0.6) is 5.75 Å². The molecule has 112 valence electrons. The molecule has 0 atom stereocenters. The minimum absolute atomic E-state index is 0.207. The monoisotopic (exact) mass is 281 g/mol. The molecule has 1 aliphatic rings. The maximum Gasteiger partial charge on any atom is 0.165 e. The summed E-state index contributed by atoms with van der Waals surface area (Å²) in [5.41, 5.74) is 6.98. The number of ether oxygens (including phenoxy) is 2. The molecular formula is C16H24FNO2. The lowest BCUT2D eigenvalue weighted by molar-refractivity contribution is 0.0665. The van der Waals surface area contributed by atoms with E-state index in [0.29, 0.717) is 13.2 Å². The number of methoxy groups -OCH3 is 1. The van der Waals surface area contributed by atoms with E-state index in [1.807, 2.05) is 6.07 Å². The van der Waals surface area contributed by atoms with Gasteiger partial charge in [-0.2, -0.15) is 0 Å². The second-order valence-corrected chi connectivity index (χ2v) is 5.74. The van der Waals surface area contributed by atoms with Crippen molar-refractivity contribution >= 4 is 0 Å². The third kappa shape index (κ3) is 4.18. The Hall–Kier alpha value is -1.13. The van der Waals surface area contributed by atoms with Crippen LogP contribution in [0, 0.1) is 5.82 Å². The van der Waals surface area contributed by atoms with Gasteiger partial charge in [-0.15, -0.1) is 0 Å². The van der Waals surface area contributed by atoms with Gasteiger partial charge in [0.2, 0.25) is 0 Å². The number of halogens is 1. The predicted molar refractivity (Wildman–Crippen MR) is 77.2 cm³/mol. The van der Waals surface area contributed by atoms with E-state index < -0.39 is 0 Å². The highest BCUT2D eigenvalue weighted by Crippen LogP contribution is 2.25. The Labute approximate surface area is 120 Å². The summed E-state index contributed by atoms with van der Waals surface area (Å²) in [6, 6.07) is 4.89. The van der Waals surface area contributed by atoms with Crippen LogP contribution in [0.15, 0.2) is 18.2 Å². The molecule has 0 radical (unpaired) electrons. The Bertz CT molecular complexity index is 428. The van der Waals surface area contributed by atoms with E-state index in [9.17, 15) is 4.39 Å². The lowest BCUT2D eigenvalue weighted by Gasteiger charge is -2.27. The van der Waals surface area contributed by atoms with Crippen LogP contribution in [-0.2, 0) is 11.3 Å². The largest absolute Gasteiger partial charge is 0.494 e. The van der Waals surface area contributed by atoms with Crippen molar-refractivity contribution < 1.29 is 13.9 Å². The van der Waals surface area contributed by atoms with Crippen LogP contribution in [0.1, 0.15) is 44.1 Å². The zero-order valence-corrected chi connectivity index (χ0v) is 12.2. The standard InChI is InChI=1S/C16H24FNO2/c1-19-15-7-6-13(10-14(15)17)11-20-12-16(18)8-4-2-3-5-9-16/h6-7,10H,2-5,8-9,11-12,18H2,1H3. The Balaban J connectivity index is 1.84. The lowest BCUT2D eigenvalue weighted by Crippen LogP contribution is -2.43. The highest BCUT2D eigenvalue weighted by Gasteiger charge is 2.26. The average molecular weight is 281 g/mol. The third-order valence-corrected chi connectivity index (χ3v) is 3.97. The molecule has 20 heavy (non-hydrogen) atoms. The molecular weight excluding hydrogens is 257 g/mol. The number of rotatable bonds is 5. The van der Waals surface area contributed by atoms with Crippen LogP contribution in [-0.4, -0.2) is 19.3 Å². The first-order chi connectivity index (χ1) is 9.63. The van der Waals surface area contributed by atoms with Gasteiger partial charge < -0.3 is 15.2 Å². The number of hydrogen-bond acceptors (Lipinski definition) is 3. The van der Waals surface area contributed by atoms with Gasteiger partial charge in [0.25, 0.3) is 0 Å². The molecule has 2 N–H and O–H groups in total. The highest BCUT2D eigenvalue weighted by atomic mass is 19.1. The third-order valence-electron chi connectivity index (χ3n) is 3.97. The van der Waals surface area contributed by atoms with Crippen molar-refractivity contribution in [2.24, 2.45) is 5.73 Å². The highest BCUT2D eigenvalue weighted by molar-refractivity contribution is 5.28. The van der Waals surface area contributed by atoms with Crippen molar-refractivity contribution in [3.63, 3.8) is 0 Å². The molecule has 0 saturated heterocycles. The number of hydrogen-bond donors (Lipinski definition) is 1. The molecule has 0 bridgehead atoms. The van der Waals surface area contributed by atoms with Gasteiger partial charge in [0, 0.05) is 5.54 Å². The first kappa shape index (κ1) is 15.3. The van der Waals surface area contributed by atoms with Crippen LogP contribution >= 0.6 is 0 Å². The number of nitrogens with two attached hydrogens (primary N) is 1. The van der Waals surface area contributed by atoms with Gasteiger partial charge in [0.05, 0.1) is 20.3 Å². The van der Waals surface area contributed by atoms with E-state index in [-0.39, 0.29) is 17.1 Å². The molecule has 0 amide bonds. The summed E-state index contributed by atoms with van der Waals surface area (Å²) in [6.45, 7) is 0.931. The SMILES string of the molecule is COc1ccc(COCC2(N)CCCCCC2)cc1F. The van der Waals surface area contributed by atoms with Crippen LogP contribution in [0.4, 0.5) is 4.39 Å². The van der Waals surface area contributed by atoms with E-state index in [1.165, 1.54) is 38.9 Å². The van der Waals surface area contributed by atoms with E-state index >= 15 is 0 Å². The van der Waals surface area contributed by atoms with Crippen molar-refractivity contribution in [3.8, 4) is 5.75 Å². The maximum atomic E-state index is 13.6. The quantitative estimate of drug-likeness (QED) is 0.841. The number of benzene rings is 1. The van der Waals surface area contributed by atoms with E-state index in [1.54, 1.807) is 6.07 Å². The summed E-state index contributed by atoms with van der Waals surface area (Å²) >= 11 is 0. The molecule has 0 unspecified atom stereocenters. The van der Waals surface area contributed by atoms with Gasteiger partial charge in [0.15, 0.2) is 11.6 Å². The van der Waals surface area contributed by atoms with Gasteiger partial charge in [0.1, 0.15) is 0 Å². The molecule has 1 fully saturated rings. The molecule has 2 rings (SSSR count). The molecule has 3 nitrogen and oxygen atoms in total. The van der Waals surface area contributed by atoms with Crippen molar-refractivity contribution in [2.75, 3.05) is 13.7 Å². The van der Waals surface area contributed by atoms with Gasteiger partial charge in [-0.05, 0) is 30.5 Å². The van der Waals surface area contributed by atoms with E-state index in [4.69, 9.17) is 15.2 Å². The Morgan fingerprint density at radius 3 is 2.50 bits per heavy atom. The molecule has 0 aromatic heterocycles.